The van der Waals surface area contributed by atoms with Gasteiger partial charge in [-0.1, -0.05) is 12.1 Å². The Bertz CT molecular complexity index is 312. The highest BCUT2D eigenvalue weighted by Gasteiger charge is 1.99. The second-order valence-electron chi connectivity index (χ2n) is 3.78. The van der Waals surface area contributed by atoms with Crippen molar-refractivity contribution in [1.29, 1.82) is 0 Å². The van der Waals surface area contributed by atoms with E-state index < -0.39 is 0 Å². The largest absolute Gasteiger partial charge is 0.311 e. The van der Waals surface area contributed by atoms with Crippen LogP contribution in [0.15, 0.2) is 24.3 Å². The first-order valence-corrected chi connectivity index (χ1v) is 5.05. The molecule has 0 aliphatic rings. The van der Waals surface area contributed by atoms with Crippen LogP contribution < -0.4 is 10.5 Å². The summed E-state index contributed by atoms with van der Waals surface area (Å²) in [4.78, 5) is 12.6. The van der Waals surface area contributed by atoms with E-state index in [9.17, 15) is 4.91 Å². The maximum atomic E-state index is 10.4. The highest BCUT2D eigenvalue weighted by atomic mass is 16.3. The van der Waals surface area contributed by atoms with Crippen LogP contribution in [0.2, 0.25) is 0 Å². The summed E-state index contributed by atoms with van der Waals surface area (Å²) in [6.45, 7) is 2.75. The Hall–Kier alpha value is -1.26. The molecule has 0 spiro atoms. The average Bonchev–Trinajstić information content (AvgIpc) is 2.24. The fourth-order valence-electron chi connectivity index (χ4n) is 1.28. The normalized spacial score (nSPS) is 10.6. The molecule has 0 bridgehead atoms. The van der Waals surface area contributed by atoms with Gasteiger partial charge in [0, 0.05) is 41.9 Å². The Morgan fingerprint density at radius 1 is 1.40 bits per heavy atom. The molecule has 0 aliphatic heterocycles. The Morgan fingerprint density at radius 3 is 2.87 bits per heavy atom. The van der Waals surface area contributed by atoms with Crippen LogP contribution in [-0.4, -0.2) is 32.1 Å². The van der Waals surface area contributed by atoms with Gasteiger partial charge in [-0.2, -0.15) is 0 Å². The van der Waals surface area contributed by atoms with E-state index in [1.165, 1.54) is 0 Å². The molecular formula is C11H18N3O+. The summed E-state index contributed by atoms with van der Waals surface area (Å²) in [6.07, 6.45) is 0. The summed E-state index contributed by atoms with van der Waals surface area (Å²) in [6, 6.07) is 7.50. The smallest absolute Gasteiger partial charge is 0.253 e. The molecule has 1 rings (SSSR count). The van der Waals surface area contributed by atoms with Crippen LogP contribution in [0.1, 0.15) is 5.56 Å². The van der Waals surface area contributed by atoms with Crippen LogP contribution in [-0.2, 0) is 6.54 Å². The van der Waals surface area contributed by atoms with Crippen LogP contribution in [0.4, 0.5) is 5.69 Å². The highest BCUT2D eigenvalue weighted by molar-refractivity contribution is 5.32. The molecule has 0 atom stereocenters. The first-order valence-electron chi connectivity index (χ1n) is 5.05. The van der Waals surface area contributed by atoms with Gasteiger partial charge in [-0.25, -0.2) is 0 Å². The molecule has 4 heteroatoms. The van der Waals surface area contributed by atoms with Gasteiger partial charge >= 0.3 is 0 Å². The minimum atomic E-state index is 0.613. The van der Waals surface area contributed by atoms with Crippen LogP contribution >= 0.6 is 0 Å². The lowest BCUT2D eigenvalue weighted by Crippen LogP contribution is -2.55. The fraction of sp³-hybridized carbons (Fsp3) is 0.455. The molecule has 0 unspecified atom stereocenters. The van der Waals surface area contributed by atoms with Crippen LogP contribution in [0.3, 0.4) is 0 Å². The zero-order valence-electron chi connectivity index (χ0n) is 9.29. The molecule has 15 heavy (non-hydrogen) atoms. The zero-order valence-corrected chi connectivity index (χ0v) is 9.29. The van der Waals surface area contributed by atoms with Gasteiger partial charge in [0.1, 0.15) is 0 Å². The zero-order chi connectivity index (χ0) is 11.1. The molecule has 0 heterocycles. The molecule has 0 saturated heterocycles. The minimum absolute atomic E-state index is 0.613. The van der Waals surface area contributed by atoms with Crippen molar-refractivity contribution in [1.82, 2.24) is 10.2 Å². The molecule has 1 aromatic rings. The van der Waals surface area contributed by atoms with E-state index >= 15 is 0 Å². The summed E-state index contributed by atoms with van der Waals surface area (Å²) < 4.78 is 0. The number of hydrogen-bond acceptors (Lipinski definition) is 3. The standard InChI is InChI=1S/C11H17N3O/c1-14(2)7-6-12-9-10-4-3-5-11(8-10)13-15/h3-5,8,12H,6-7,9H2,1-2H3/p+1. The molecule has 1 aromatic carbocycles. The Balaban J connectivity index is 2.34. The molecule has 0 aliphatic carbocycles. The van der Waals surface area contributed by atoms with Gasteiger partial charge in [-0.3, -0.25) is 0 Å². The third kappa shape index (κ3) is 4.67. The van der Waals surface area contributed by atoms with Crippen LogP contribution in [0, 0.1) is 4.91 Å². The van der Waals surface area contributed by atoms with Crippen molar-refractivity contribution in [2.24, 2.45) is 0 Å². The lowest BCUT2D eigenvalue weighted by molar-refractivity contribution is -0.379. The summed E-state index contributed by atoms with van der Waals surface area (Å²) in [5.74, 6) is 0. The molecule has 2 N–H and O–H groups in total. The van der Waals surface area contributed by atoms with Crippen molar-refractivity contribution in [2.45, 2.75) is 6.54 Å². The molecular weight excluding hydrogens is 190 g/mol. The number of benzene rings is 1. The van der Waals surface area contributed by atoms with Crippen molar-refractivity contribution in [3.05, 3.63) is 34.7 Å². The van der Waals surface area contributed by atoms with E-state index in [0.717, 1.165) is 25.2 Å². The number of likely N-dealkylation sites (N-methyl/N-ethyl adjacent to an activating group) is 1. The number of rotatable bonds is 6. The third-order valence-corrected chi connectivity index (χ3v) is 2.11. The average molecular weight is 208 g/mol. The number of nitroso groups, excluding NO2 is 1. The fourth-order valence-corrected chi connectivity index (χ4v) is 1.28. The van der Waals surface area contributed by atoms with Crippen molar-refractivity contribution in [3.8, 4) is 0 Å². The lowest BCUT2D eigenvalue weighted by Gasteiger charge is -2.09. The monoisotopic (exact) mass is 208 g/mol. The second kappa shape index (κ2) is 6.27. The van der Waals surface area contributed by atoms with Crippen molar-refractivity contribution in [3.63, 3.8) is 0 Å². The lowest BCUT2D eigenvalue weighted by atomic mass is 10.2. The van der Waals surface area contributed by atoms with Gasteiger partial charge in [0.2, 0.25) is 0 Å². The van der Waals surface area contributed by atoms with Crippen LogP contribution in [0.25, 0.3) is 0 Å². The molecule has 0 aromatic heterocycles. The Kier molecular flexibility index (Phi) is 4.93. The van der Waals surface area contributed by atoms with Gasteiger partial charge < -0.3 is 10.2 Å². The van der Waals surface area contributed by atoms with Crippen molar-refractivity contribution >= 4 is 5.69 Å². The predicted molar refractivity (Wildman–Crippen MR) is 60.7 cm³/mol. The second-order valence-corrected chi connectivity index (χ2v) is 3.78. The minimum Gasteiger partial charge on any atom is -0.311 e. The van der Waals surface area contributed by atoms with Crippen LogP contribution in [0.5, 0.6) is 0 Å². The molecule has 0 amide bonds. The van der Waals surface area contributed by atoms with Crippen molar-refractivity contribution in [2.75, 3.05) is 27.2 Å². The van der Waals surface area contributed by atoms with E-state index in [1.807, 2.05) is 37.5 Å². The molecule has 82 valence electrons. The van der Waals surface area contributed by atoms with Gasteiger partial charge in [0.25, 0.3) is 5.69 Å². The first-order chi connectivity index (χ1) is 7.22. The van der Waals surface area contributed by atoms with E-state index in [1.54, 1.807) is 6.07 Å². The number of hydrogen-bond donors (Lipinski definition) is 2. The molecule has 0 saturated carbocycles. The van der Waals surface area contributed by atoms with E-state index in [0.29, 0.717) is 5.69 Å². The molecule has 4 nitrogen and oxygen atoms in total. The van der Waals surface area contributed by atoms with Crippen molar-refractivity contribution < 1.29 is 5.18 Å². The van der Waals surface area contributed by atoms with E-state index in [4.69, 9.17) is 0 Å². The highest BCUT2D eigenvalue weighted by Crippen LogP contribution is 2.04. The number of nitrogens with one attached hydrogen (secondary N) is 2. The van der Waals surface area contributed by atoms with Gasteiger partial charge in [0.05, 0.1) is 0 Å². The van der Waals surface area contributed by atoms with Gasteiger partial charge in [-0.05, 0) is 19.7 Å². The quantitative estimate of drug-likeness (QED) is 0.637. The van der Waals surface area contributed by atoms with Gasteiger partial charge in [0.15, 0.2) is 0 Å². The summed E-state index contributed by atoms with van der Waals surface area (Å²) >= 11 is 0. The SMILES string of the molecule is CN(C)CCNCc1cccc([NH+]=O)c1. The molecule has 0 fully saturated rings. The Morgan fingerprint density at radius 2 is 2.20 bits per heavy atom. The summed E-state index contributed by atoms with van der Waals surface area (Å²) in [5.41, 5.74) is 1.73. The first kappa shape index (κ1) is 11.8. The molecule has 0 radical (unpaired) electrons. The van der Waals surface area contributed by atoms with E-state index in [2.05, 4.69) is 10.2 Å². The number of nitrogens with zero attached hydrogens (tertiary/aromatic N) is 1. The maximum Gasteiger partial charge on any atom is 0.253 e. The summed E-state index contributed by atoms with van der Waals surface area (Å²) in [7, 11) is 4.09. The topological polar surface area (TPSA) is 46.3 Å². The Labute approximate surface area is 90.3 Å². The maximum absolute atomic E-state index is 10.4. The predicted octanol–water partition coefficient (Wildman–Crippen LogP) is -0.184. The summed E-state index contributed by atoms with van der Waals surface area (Å²) in [5, 5.41) is 5.20. The van der Waals surface area contributed by atoms with Gasteiger partial charge in [-0.15, -0.1) is 0 Å². The third-order valence-electron chi connectivity index (χ3n) is 2.11. The van der Waals surface area contributed by atoms with E-state index in [-0.39, 0.29) is 0 Å².